The molecule has 0 fully saturated rings. The van der Waals surface area contributed by atoms with Crippen molar-refractivity contribution in [2.24, 2.45) is 0 Å². The van der Waals surface area contributed by atoms with E-state index >= 15 is 0 Å². The zero-order valence-electron chi connectivity index (χ0n) is 14.6. The van der Waals surface area contributed by atoms with Crippen molar-refractivity contribution in [2.45, 2.75) is 39.5 Å². The van der Waals surface area contributed by atoms with Gasteiger partial charge in [-0.25, -0.2) is 4.98 Å². The maximum atomic E-state index is 5.37. The SMILES string of the molecule is CCc1nc2cc(C(C)(C)C)ccc2n1-c1cccc(OC)c1. The largest absolute Gasteiger partial charge is 0.497 e. The predicted molar refractivity (Wildman–Crippen MR) is 95.7 cm³/mol. The molecule has 0 radical (unpaired) electrons. The number of methoxy groups -OCH3 is 1. The Morgan fingerprint density at radius 2 is 1.87 bits per heavy atom. The molecule has 120 valence electrons. The normalized spacial score (nSPS) is 11.9. The number of ether oxygens (including phenoxy) is 1. The molecule has 0 unspecified atom stereocenters. The molecular formula is C20H24N2O. The molecule has 1 aromatic heterocycles. The lowest BCUT2D eigenvalue weighted by molar-refractivity contribution is 0.414. The Hall–Kier alpha value is -2.29. The standard InChI is InChI=1S/C20H24N2O/c1-6-19-21-17-12-14(20(2,3)4)10-11-18(17)22(19)15-8-7-9-16(13-15)23-5/h7-13H,6H2,1-5H3. The van der Waals surface area contributed by atoms with Gasteiger partial charge in [-0.1, -0.05) is 39.8 Å². The van der Waals surface area contributed by atoms with Gasteiger partial charge in [-0.3, -0.25) is 4.57 Å². The lowest BCUT2D eigenvalue weighted by atomic mass is 9.87. The molecule has 3 nitrogen and oxygen atoms in total. The van der Waals surface area contributed by atoms with Crippen LogP contribution in [-0.2, 0) is 11.8 Å². The van der Waals surface area contributed by atoms with Gasteiger partial charge in [0.2, 0.25) is 0 Å². The number of hydrogen-bond donors (Lipinski definition) is 0. The minimum Gasteiger partial charge on any atom is -0.497 e. The van der Waals surface area contributed by atoms with Crippen molar-refractivity contribution in [3.63, 3.8) is 0 Å². The molecule has 0 aliphatic heterocycles. The van der Waals surface area contributed by atoms with Crippen LogP contribution in [0.1, 0.15) is 39.1 Å². The Balaban J connectivity index is 2.23. The fraction of sp³-hybridized carbons (Fsp3) is 0.350. The summed E-state index contributed by atoms with van der Waals surface area (Å²) in [6.45, 7) is 8.83. The first-order chi connectivity index (χ1) is 10.9. The van der Waals surface area contributed by atoms with Gasteiger partial charge in [0.1, 0.15) is 11.6 Å². The van der Waals surface area contributed by atoms with Gasteiger partial charge < -0.3 is 4.74 Å². The van der Waals surface area contributed by atoms with Crippen LogP contribution in [0, 0.1) is 0 Å². The first-order valence-electron chi connectivity index (χ1n) is 8.10. The second-order valence-electron chi connectivity index (χ2n) is 6.87. The molecule has 0 N–H and O–H groups in total. The van der Waals surface area contributed by atoms with Crippen LogP contribution < -0.4 is 4.74 Å². The van der Waals surface area contributed by atoms with E-state index in [1.54, 1.807) is 7.11 Å². The van der Waals surface area contributed by atoms with Crippen LogP contribution in [0.2, 0.25) is 0 Å². The van der Waals surface area contributed by atoms with Crippen molar-refractivity contribution in [1.82, 2.24) is 9.55 Å². The molecule has 0 aliphatic carbocycles. The third-order valence-electron chi connectivity index (χ3n) is 4.22. The van der Waals surface area contributed by atoms with Crippen LogP contribution >= 0.6 is 0 Å². The Bertz CT molecular complexity index is 840. The van der Waals surface area contributed by atoms with Gasteiger partial charge in [0, 0.05) is 12.5 Å². The van der Waals surface area contributed by atoms with E-state index in [0.29, 0.717) is 0 Å². The van der Waals surface area contributed by atoms with Crippen molar-refractivity contribution in [2.75, 3.05) is 7.11 Å². The molecular weight excluding hydrogens is 284 g/mol. The highest BCUT2D eigenvalue weighted by molar-refractivity contribution is 5.79. The molecule has 0 aliphatic rings. The van der Waals surface area contributed by atoms with Gasteiger partial charge in [-0.2, -0.15) is 0 Å². The van der Waals surface area contributed by atoms with E-state index in [2.05, 4.69) is 62.6 Å². The molecule has 23 heavy (non-hydrogen) atoms. The van der Waals surface area contributed by atoms with Crippen LogP contribution in [0.25, 0.3) is 16.7 Å². The summed E-state index contributed by atoms with van der Waals surface area (Å²) in [6, 6.07) is 14.7. The zero-order valence-corrected chi connectivity index (χ0v) is 14.6. The predicted octanol–water partition coefficient (Wildman–Crippen LogP) is 4.89. The number of rotatable bonds is 3. The number of nitrogens with zero attached hydrogens (tertiary/aromatic N) is 2. The van der Waals surface area contributed by atoms with E-state index in [4.69, 9.17) is 9.72 Å². The summed E-state index contributed by atoms with van der Waals surface area (Å²) in [7, 11) is 1.70. The summed E-state index contributed by atoms with van der Waals surface area (Å²) in [4.78, 5) is 4.86. The minimum atomic E-state index is 0.125. The Morgan fingerprint density at radius 3 is 2.52 bits per heavy atom. The highest BCUT2D eigenvalue weighted by Crippen LogP contribution is 2.29. The minimum absolute atomic E-state index is 0.125. The Labute approximate surface area is 137 Å². The van der Waals surface area contributed by atoms with E-state index in [1.807, 2.05) is 12.1 Å². The molecule has 0 bridgehead atoms. The fourth-order valence-corrected chi connectivity index (χ4v) is 2.87. The Kier molecular flexibility index (Phi) is 3.88. The summed E-state index contributed by atoms with van der Waals surface area (Å²) in [6.07, 6.45) is 0.886. The van der Waals surface area contributed by atoms with Crippen molar-refractivity contribution < 1.29 is 4.74 Å². The van der Waals surface area contributed by atoms with Crippen molar-refractivity contribution >= 4 is 11.0 Å². The second-order valence-corrected chi connectivity index (χ2v) is 6.87. The molecule has 3 aromatic rings. The summed E-state index contributed by atoms with van der Waals surface area (Å²) in [5.41, 5.74) is 4.72. The van der Waals surface area contributed by atoms with Crippen molar-refractivity contribution in [3.05, 3.63) is 53.9 Å². The van der Waals surface area contributed by atoms with Crippen molar-refractivity contribution in [1.29, 1.82) is 0 Å². The van der Waals surface area contributed by atoms with E-state index in [-0.39, 0.29) is 5.41 Å². The number of aromatic nitrogens is 2. The highest BCUT2D eigenvalue weighted by Gasteiger charge is 2.17. The summed E-state index contributed by atoms with van der Waals surface area (Å²) in [5.74, 6) is 1.93. The van der Waals surface area contributed by atoms with Crippen LogP contribution in [0.3, 0.4) is 0 Å². The van der Waals surface area contributed by atoms with Crippen LogP contribution in [0.4, 0.5) is 0 Å². The van der Waals surface area contributed by atoms with Gasteiger partial charge in [0.15, 0.2) is 0 Å². The quantitative estimate of drug-likeness (QED) is 0.688. The van der Waals surface area contributed by atoms with Gasteiger partial charge in [-0.15, -0.1) is 0 Å². The van der Waals surface area contributed by atoms with Crippen LogP contribution in [0.5, 0.6) is 5.75 Å². The number of hydrogen-bond acceptors (Lipinski definition) is 2. The zero-order chi connectivity index (χ0) is 16.6. The summed E-state index contributed by atoms with van der Waals surface area (Å²) in [5, 5.41) is 0. The Morgan fingerprint density at radius 1 is 1.09 bits per heavy atom. The smallest absolute Gasteiger partial charge is 0.120 e. The van der Waals surface area contributed by atoms with E-state index in [9.17, 15) is 0 Å². The third-order valence-corrected chi connectivity index (χ3v) is 4.22. The van der Waals surface area contributed by atoms with Gasteiger partial charge >= 0.3 is 0 Å². The topological polar surface area (TPSA) is 27.1 Å². The van der Waals surface area contributed by atoms with Gasteiger partial charge in [0.05, 0.1) is 23.8 Å². The number of fused-ring (bicyclic) bond motifs is 1. The molecule has 2 aromatic carbocycles. The van der Waals surface area contributed by atoms with E-state index in [0.717, 1.165) is 34.7 Å². The van der Waals surface area contributed by atoms with Gasteiger partial charge in [-0.05, 0) is 35.2 Å². The lowest BCUT2D eigenvalue weighted by Crippen LogP contribution is -2.10. The molecule has 0 saturated carbocycles. The van der Waals surface area contributed by atoms with E-state index in [1.165, 1.54) is 5.56 Å². The first-order valence-corrected chi connectivity index (χ1v) is 8.10. The molecule has 3 rings (SSSR count). The molecule has 0 saturated heterocycles. The molecule has 1 heterocycles. The average molecular weight is 308 g/mol. The second kappa shape index (κ2) is 5.73. The first kappa shape index (κ1) is 15.6. The lowest BCUT2D eigenvalue weighted by Gasteiger charge is -2.18. The van der Waals surface area contributed by atoms with Gasteiger partial charge in [0.25, 0.3) is 0 Å². The van der Waals surface area contributed by atoms with Crippen LogP contribution in [-0.4, -0.2) is 16.7 Å². The fourth-order valence-electron chi connectivity index (χ4n) is 2.87. The average Bonchev–Trinajstić information content (AvgIpc) is 2.91. The maximum Gasteiger partial charge on any atom is 0.120 e. The van der Waals surface area contributed by atoms with E-state index < -0.39 is 0 Å². The summed E-state index contributed by atoms with van der Waals surface area (Å²) >= 11 is 0. The van der Waals surface area contributed by atoms with Crippen LogP contribution in [0.15, 0.2) is 42.5 Å². The third kappa shape index (κ3) is 2.83. The maximum absolute atomic E-state index is 5.37. The number of benzene rings is 2. The van der Waals surface area contributed by atoms with Crippen molar-refractivity contribution in [3.8, 4) is 11.4 Å². The molecule has 0 spiro atoms. The number of aryl methyl sites for hydroxylation is 1. The molecule has 3 heteroatoms. The highest BCUT2D eigenvalue weighted by atomic mass is 16.5. The number of imidazole rings is 1. The molecule has 0 amide bonds. The monoisotopic (exact) mass is 308 g/mol. The summed E-state index contributed by atoms with van der Waals surface area (Å²) < 4.78 is 7.60. The molecule has 0 atom stereocenters.